The first kappa shape index (κ1) is 22.8. The lowest BCUT2D eigenvalue weighted by Gasteiger charge is -2.25. The lowest BCUT2D eigenvalue weighted by molar-refractivity contribution is -0.146. The van der Waals surface area contributed by atoms with Gasteiger partial charge in [-0.3, -0.25) is 14.4 Å². The number of amides is 1. The summed E-state index contributed by atoms with van der Waals surface area (Å²) in [6, 6.07) is 7.32. The predicted octanol–water partition coefficient (Wildman–Crippen LogP) is 3.02. The Hall–Kier alpha value is -2.21. The van der Waals surface area contributed by atoms with Crippen molar-refractivity contribution in [3.05, 3.63) is 35.4 Å². The Balaban J connectivity index is 2.63. The van der Waals surface area contributed by atoms with Crippen molar-refractivity contribution in [2.45, 2.75) is 40.0 Å². The number of hydrogen-bond donors (Lipinski definition) is 0. The summed E-state index contributed by atoms with van der Waals surface area (Å²) in [5, 5.41) is 0. The average molecular weight is 377 g/mol. The third-order valence-electron chi connectivity index (χ3n) is 4.31. The van der Waals surface area contributed by atoms with E-state index in [-0.39, 0.29) is 37.0 Å². The SMILES string of the molecule is CCOCCCN(CC(C)C(=O)OC)C(=O)CCC(=O)c1ccc(C)cc1. The maximum Gasteiger partial charge on any atom is 0.310 e. The highest BCUT2D eigenvalue weighted by Gasteiger charge is 2.22. The summed E-state index contributed by atoms with van der Waals surface area (Å²) in [5.74, 6) is -0.964. The number of methoxy groups -OCH3 is 1. The molecule has 0 N–H and O–H groups in total. The normalized spacial score (nSPS) is 11.7. The molecule has 0 fully saturated rings. The van der Waals surface area contributed by atoms with Crippen molar-refractivity contribution in [3.63, 3.8) is 0 Å². The monoisotopic (exact) mass is 377 g/mol. The maximum atomic E-state index is 12.6. The largest absolute Gasteiger partial charge is 0.469 e. The van der Waals surface area contributed by atoms with Crippen molar-refractivity contribution in [2.75, 3.05) is 33.4 Å². The first-order valence-corrected chi connectivity index (χ1v) is 9.42. The number of rotatable bonds is 12. The van der Waals surface area contributed by atoms with Gasteiger partial charge in [0.2, 0.25) is 5.91 Å². The summed E-state index contributed by atoms with van der Waals surface area (Å²) in [5.41, 5.74) is 1.69. The first-order chi connectivity index (χ1) is 12.9. The van der Waals surface area contributed by atoms with Crippen LogP contribution in [0, 0.1) is 12.8 Å². The number of aryl methyl sites for hydroxylation is 1. The van der Waals surface area contributed by atoms with E-state index >= 15 is 0 Å². The Kier molecular flexibility index (Phi) is 10.3. The molecule has 0 aromatic heterocycles. The molecule has 150 valence electrons. The maximum absolute atomic E-state index is 12.6. The fourth-order valence-electron chi connectivity index (χ4n) is 2.69. The van der Waals surface area contributed by atoms with Gasteiger partial charge < -0.3 is 14.4 Å². The molecule has 1 amide bonds. The van der Waals surface area contributed by atoms with Crippen LogP contribution in [0.5, 0.6) is 0 Å². The summed E-state index contributed by atoms with van der Waals surface area (Å²) < 4.78 is 10.1. The molecule has 0 aliphatic carbocycles. The van der Waals surface area contributed by atoms with Gasteiger partial charge in [0.1, 0.15) is 0 Å². The summed E-state index contributed by atoms with van der Waals surface area (Å²) >= 11 is 0. The number of ether oxygens (including phenoxy) is 2. The molecule has 1 aromatic rings. The van der Waals surface area contributed by atoms with Crippen LogP contribution in [0.4, 0.5) is 0 Å². The summed E-state index contributed by atoms with van der Waals surface area (Å²) in [6.45, 7) is 7.54. The van der Waals surface area contributed by atoms with Crippen molar-refractivity contribution < 1.29 is 23.9 Å². The molecule has 0 bridgehead atoms. The zero-order chi connectivity index (χ0) is 20.2. The van der Waals surface area contributed by atoms with Gasteiger partial charge in [-0.15, -0.1) is 0 Å². The van der Waals surface area contributed by atoms with Crippen LogP contribution in [0.25, 0.3) is 0 Å². The van der Waals surface area contributed by atoms with Crippen LogP contribution in [-0.2, 0) is 19.1 Å². The molecule has 0 aliphatic rings. The molecule has 6 nitrogen and oxygen atoms in total. The number of benzene rings is 1. The molecule has 0 saturated carbocycles. The number of ketones is 1. The van der Waals surface area contributed by atoms with E-state index in [1.807, 2.05) is 26.0 Å². The van der Waals surface area contributed by atoms with Gasteiger partial charge in [0.05, 0.1) is 13.0 Å². The van der Waals surface area contributed by atoms with E-state index in [2.05, 4.69) is 0 Å². The van der Waals surface area contributed by atoms with Gasteiger partial charge >= 0.3 is 5.97 Å². The number of carbonyl (C=O) groups is 3. The van der Waals surface area contributed by atoms with Crippen LogP contribution in [0.3, 0.4) is 0 Å². The van der Waals surface area contributed by atoms with Crippen molar-refractivity contribution in [2.24, 2.45) is 5.92 Å². The third-order valence-corrected chi connectivity index (χ3v) is 4.31. The summed E-state index contributed by atoms with van der Waals surface area (Å²) in [4.78, 5) is 38.2. The fraction of sp³-hybridized carbons (Fsp3) is 0.571. The number of hydrogen-bond acceptors (Lipinski definition) is 5. The second-order valence-electron chi connectivity index (χ2n) is 6.60. The Bertz CT molecular complexity index is 612. The third kappa shape index (κ3) is 8.35. The van der Waals surface area contributed by atoms with Crippen LogP contribution in [-0.4, -0.2) is 56.0 Å². The van der Waals surface area contributed by atoms with Crippen molar-refractivity contribution >= 4 is 17.7 Å². The molecule has 1 aromatic carbocycles. The Morgan fingerprint density at radius 3 is 2.37 bits per heavy atom. The standard InChI is InChI=1S/C21H31NO5/c1-5-27-14-6-13-22(15-17(3)21(25)26-4)20(24)12-11-19(23)18-9-7-16(2)8-10-18/h7-10,17H,5-6,11-15H2,1-4H3. The fourth-order valence-corrected chi connectivity index (χ4v) is 2.69. The Morgan fingerprint density at radius 2 is 1.78 bits per heavy atom. The van der Waals surface area contributed by atoms with E-state index in [0.29, 0.717) is 31.7 Å². The minimum atomic E-state index is -0.418. The molecule has 6 heteroatoms. The first-order valence-electron chi connectivity index (χ1n) is 9.42. The molecular weight excluding hydrogens is 346 g/mol. The van der Waals surface area contributed by atoms with Gasteiger partial charge in [-0.2, -0.15) is 0 Å². The Labute approximate surface area is 161 Å². The average Bonchev–Trinajstić information content (AvgIpc) is 2.67. The second-order valence-corrected chi connectivity index (χ2v) is 6.60. The van der Waals surface area contributed by atoms with Crippen LogP contribution >= 0.6 is 0 Å². The molecule has 1 atom stereocenters. The zero-order valence-corrected chi connectivity index (χ0v) is 16.8. The minimum absolute atomic E-state index is 0.0568. The topological polar surface area (TPSA) is 72.9 Å². The van der Waals surface area contributed by atoms with E-state index in [1.165, 1.54) is 7.11 Å². The van der Waals surface area contributed by atoms with Gasteiger partial charge in [-0.25, -0.2) is 0 Å². The van der Waals surface area contributed by atoms with Crippen molar-refractivity contribution in [1.29, 1.82) is 0 Å². The van der Waals surface area contributed by atoms with Gasteiger partial charge in [0.15, 0.2) is 5.78 Å². The number of esters is 1. The molecule has 0 spiro atoms. The molecular formula is C21H31NO5. The zero-order valence-electron chi connectivity index (χ0n) is 16.8. The Morgan fingerprint density at radius 1 is 1.11 bits per heavy atom. The molecule has 0 aliphatic heterocycles. The number of carbonyl (C=O) groups excluding carboxylic acids is 3. The van der Waals surface area contributed by atoms with Gasteiger partial charge in [0.25, 0.3) is 0 Å². The lowest BCUT2D eigenvalue weighted by atomic mass is 10.0. The lowest BCUT2D eigenvalue weighted by Crippen LogP contribution is -2.38. The van der Waals surface area contributed by atoms with Crippen LogP contribution in [0.2, 0.25) is 0 Å². The molecule has 27 heavy (non-hydrogen) atoms. The number of Topliss-reactive ketones (excluding diaryl/α,β-unsaturated/α-hetero) is 1. The minimum Gasteiger partial charge on any atom is -0.469 e. The van der Waals surface area contributed by atoms with E-state index in [1.54, 1.807) is 24.0 Å². The van der Waals surface area contributed by atoms with Crippen molar-refractivity contribution in [1.82, 2.24) is 4.90 Å². The van der Waals surface area contributed by atoms with Gasteiger partial charge in [-0.05, 0) is 20.3 Å². The summed E-state index contributed by atoms with van der Waals surface area (Å²) in [7, 11) is 1.33. The summed E-state index contributed by atoms with van der Waals surface area (Å²) in [6.07, 6.45) is 0.949. The molecule has 0 heterocycles. The van der Waals surface area contributed by atoms with Gasteiger partial charge in [0, 0.05) is 44.7 Å². The molecule has 1 unspecified atom stereocenters. The highest BCUT2D eigenvalue weighted by Crippen LogP contribution is 2.11. The van der Waals surface area contributed by atoms with E-state index in [9.17, 15) is 14.4 Å². The highest BCUT2D eigenvalue weighted by molar-refractivity contribution is 5.98. The quantitative estimate of drug-likeness (QED) is 0.318. The van der Waals surface area contributed by atoms with E-state index in [4.69, 9.17) is 9.47 Å². The van der Waals surface area contributed by atoms with Gasteiger partial charge in [-0.1, -0.05) is 36.8 Å². The van der Waals surface area contributed by atoms with E-state index in [0.717, 1.165) is 5.56 Å². The predicted molar refractivity (Wildman–Crippen MR) is 104 cm³/mol. The van der Waals surface area contributed by atoms with Crippen LogP contribution < -0.4 is 0 Å². The number of nitrogens with zero attached hydrogens (tertiary/aromatic N) is 1. The highest BCUT2D eigenvalue weighted by atomic mass is 16.5. The molecule has 0 radical (unpaired) electrons. The van der Waals surface area contributed by atoms with Crippen LogP contribution in [0.15, 0.2) is 24.3 Å². The molecule has 1 rings (SSSR count). The second kappa shape index (κ2) is 12.2. The molecule has 0 saturated heterocycles. The van der Waals surface area contributed by atoms with Crippen molar-refractivity contribution in [3.8, 4) is 0 Å². The smallest absolute Gasteiger partial charge is 0.310 e. The van der Waals surface area contributed by atoms with E-state index < -0.39 is 5.92 Å². The van der Waals surface area contributed by atoms with Crippen LogP contribution in [0.1, 0.15) is 49.0 Å².